The number of hydrogen-bond acceptors (Lipinski definition) is 5. The smallest absolute Gasteiger partial charge is 0.274 e. The SMILES string of the molecule is Cc1ccc(Cl)c(NS(=O)(=O)c2nc3ncccn3n2)c1Cl. The van der Waals surface area contributed by atoms with Crippen LogP contribution in [0.15, 0.2) is 35.7 Å². The van der Waals surface area contributed by atoms with Gasteiger partial charge in [0.25, 0.3) is 21.0 Å². The van der Waals surface area contributed by atoms with Crippen molar-refractivity contribution in [2.45, 2.75) is 12.1 Å². The minimum atomic E-state index is -4.04. The van der Waals surface area contributed by atoms with Crippen LogP contribution >= 0.6 is 23.2 Å². The van der Waals surface area contributed by atoms with Gasteiger partial charge in [-0.1, -0.05) is 29.3 Å². The van der Waals surface area contributed by atoms with Gasteiger partial charge in [0.2, 0.25) is 0 Å². The third-order valence-corrected chi connectivity index (χ3v) is 4.79. The van der Waals surface area contributed by atoms with Crippen LogP contribution in [0.4, 0.5) is 5.69 Å². The fraction of sp³-hybridized carbons (Fsp3) is 0.0833. The molecule has 0 bridgehead atoms. The molecule has 0 aliphatic carbocycles. The van der Waals surface area contributed by atoms with Crippen molar-refractivity contribution in [3.05, 3.63) is 46.2 Å². The molecule has 2 heterocycles. The average molecular weight is 358 g/mol. The van der Waals surface area contributed by atoms with Gasteiger partial charge in [-0.05, 0) is 24.6 Å². The molecule has 114 valence electrons. The molecule has 0 amide bonds. The Balaban J connectivity index is 2.06. The van der Waals surface area contributed by atoms with Crippen LogP contribution in [0.2, 0.25) is 10.0 Å². The zero-order chi connectivity index (χ0) is 15.9. The van der Waals surface area contributed by atoms with Crippen LogP contribution < -0.4 is 4.72 Å². The summed E-state index contributed by atoms with van der Waals surface area (Å²) in [5, 5.41) is 3.85. The quantitative estimate of drug-likeness (QED) is 0.777. The number of aromatic nitrogens is 4. The Labute approximate surface area is 136 Å². The van der Waals surface area contributed by atoms with E-state index in [0.29, 0.717) is 5.56 Å². The number of fused-ring (bicyclic) bond motifs is 1. The predicted octanol–water partition coefficient (Wildman–Crippen LogP) is 2.54. The number of anilines is 1. The topological polar surface area (TPSA) is 89.2 Å². The van der Waals surface area contributed by atoms with Crippen LogP contribution in [0.5, 0.6) is 0 Å². The van der Waals surface area contributed by atoms with Crippen molar-refractivity contribution in [3.8, 4) is 0 Å². The zero-order valence-electron chi connectivity index (χ0n) is 11.2. The van der Waals surface area contributed by atoms with Gasteiger partial charge in [-0.15, -0.1) is 5.10 Å². The third kappa shape index (κ3) is 2.60. The summed E-state index contributed by atoms with van der Waals surface area (Å²) in [5.41, 5.74) is 0.781. The van der Waals surface area contributed by atoms with Crippen molar-refractivity contribution in [1.29, 1.82) is 0 Å². The second-order valence-electron chi connectivity index (χ2n) is 4.42. The molecular formula is C12H9Cl2N5O2S. The van der Waals surface area contributed by atoms with Gasteiger partial charge >= 0.3 is 0 Å². The number of halogens is 2. The summed E-state index contributed by atoms with van der Waals surface area (Å²) >= 11 is 12.1. The first-order valence-electron chi connectivity index (χ1n) is 6.03. The predicted molar refractivity (Wildman–Crippen MR) is 82.8 cm³/mol. The summed E-state index contributed by atoms with van der Waals surface area (Å²) in [6.07, 6.45) is 3.03. The second-order valence-corrected chi connectivity index (χ2v) is 6.78. The van der Waals surface area contributed by atoms with Crippen molar-refractivity contribution >= 4 is 44.7 Å². The van der Waals surface area contributed by atoms with Crippen molar-refractivity contribution in [3.63, 3.8) is 0 Å². The minimum absolute atomic E-state index is 0.0927. The van der Waals surface area contributed by atoms with Crippen LogP contribution in [-0.4, -0.2) is 28.0 Å². The standard InChI is InChI=1S/C12H9Cl2N5O2S/c1-7-3-4-8(13)10(9(7)14)18-22(20,21)12-16-11-15-5-2-6-19(11)17-12/h2-6,18H,1H3. The molecule has 3 aromatic rings. The molecule has 0 fully saturated rings. The second kappa shape index (κ2) is 5.38. The third-order valence-electron chi connectivity index (χ3n) is 2.86. The summed E-state index contributed by atoms with van der Waals surface area (Å²) in [6.45, 7) is 1.74. The van der Waals surface area contributed by atoms with Crippen LogP contribution in [0.3, 0.4) is 0 Å². The lowest BCUT2D eigenvalue weighted by atomic mass is 10.2. The molecule has 0 unspecified atom stereocenters. The van der Waals surface area contributed by atoms with E-state index in [-0.39, 0.29) is 21.5 Å². The maximum atomic E-state index is 12.4. The summed E-state index contributed by atoms with van der Waals surface area (Å²) in [5.74, 6) is 0.171. The zero-order valence-corrected chi connectivity index (χ0v) is 13.5. The maximum Gasteiger partial charge on any atom is 0.299 e. The molecule has 0 aliphatic rings. The number of sulfonamides is 1. The highest BCUT2D eigenvalue weighted by Crippen LogP contribution is 2.34. The highest BCUT2D eigenvalue weighted by atomic mass is 35.5. The number of nitrogens with zero attached hydrogens (tertiary/aromatic N) is 4. The lowest BCUT2D eigenvalue weighted by Gasteiger charge is -2.10. The number of hydrogen-bond donors (Lipinski definition) is 1. The highest BCUT2D eigenvalue weighted by molar-refractivity contribution is 7.92. The van der Waals surface area contributed by atoms with Gasteiger partial charge in [0.15, 0.2) is 0 Å². The van der Waals surface area contributed by atoms with Gasteiger partial charge in [-0.3, -0.25) is 4.72 Å². The molecule has 0 aliphatic heterocycles. The Morgan fingerprint density at radius 3 is 2.77 bits per heavy atom. The Morgan fingerprint density at radius 2 is 2.05 bits per heavy atom. The molecule has 0 radical (unpaired) electrons. The number of nitrogens with one attached hydrogen (secondary N) is 1. The molecule has 0 saturated carbocycles. The molecule has 10 heteroatoms. The molecule has 1 N–H and O–H groups in total. The minimum Gasteiger partial charge on any atom is -0.274 e. The highest BCUT2D eigenvalue weighted by Gasteiger charge is 2.23. The number of aryl methyl sites for hydroxylation is 1. The normalized spacial score (nSPS) is 11.8. The molecule has 3 rings (SSSR count). The summed E-state index contributed by atoms with van der Waals surface area (Å²) < 4.78 is 28.4. The lowest BCUT2D eigenvalue weighted by Crippen LogP contribution is -2.15. The average Bonchev–Trinajstić information content (AvgIpc) is 2.93. The van der Waals surface area contributed by atoms with Gasteiger partial charge in [-0.2, -0.15) is 13.4 Å². The van der Waals surface area contributed by atoms with E-state index < -0.39 is 15.2 Å². The van der Waals surface area contributed by atoms with E-state index in [2.05, 4.69) is 19.8 Å². The first-order valence-corrected chi connectivity index (χ1v) is 8.27. The first-order chi connectivity index (χ1) is 10.4. The molecule has 0 atom stereocenters. The van der Waals surface area contributed by atoms with Crippen LogP contribution in [-0.2, 0) is 10.0 Å². The van der Waals surface area contributed by atoms with E-state index in [1.165, 1.54) is 10.7 Å². The summed E-state index contributed by atoms with van der Waals surface area (Å²) in [7, 11) is -4.04. The van der Waals surface area contributed by atoms with Gasteiger partial charge in [0.1, 0.15) is 0 Å². The van der Waals surface area contributed by atoms with Crippen LogP contribution in [0, 0.1) is 6.92 Å². The van der Waals surface area contributed by atoms with Crippen LogP contribution in [0.25, 0.3) is 5.78 Å². The van der Waals surface area contributed by atoms with E-state index in [9.17, 15) is 8.42 Å². The number of benzene rings is 1. The van der Waals surface area contributed by atoms with Gasteiger partial charge in [0, 0.05) is 12.4 Å². The van der Waals surface area contributed by atoms with Crippen molar-refractivity contribution in [2.24, 2.45) is 0 Å². The van der Waals surface area contributed by atoms with E-state index in [4.69, 9.17) is 23.2 Å². The van der Waals surface area contributed by atoms with E-state index in [1.807, 2.05) is 0 Å². The Morgan fingerprint density at radius 1 is 1.27 bits per heavy atom. The monoisotopic (exact) mass is 357 g/mol. The van der Waals surface area contributed by atoms with Crippen molar-refractivity contribution in [2.75, 3.05) is 4.72 Å². The van der Waals surface area contributed by atoms with E-state index in [0.717, 1.165) is 0 Å². The summed E-state index contributed by atoms with van der Waals surface area (Å²) in [4.78, 5) is 7.78. The summed E-state index contributed by atoms with van der Waals surface area (Å²) in [6, 6.07) is 4.86. The Hall–Kier alpha value is -1.90. The van der Waals surface area contributed by atoms with E-state index >= 15 is 0 Å². The maximum absolute atomic E-state index is 12.4. The van der Waals surface area contributed by atoms with Crippen LogP contribution in [0.1, 0.15) is 5.56 Å². The molecule has 0 spiro atoms. The molecule has 0 saturated heterocycles. The van der Waals surface area contributed by atoms with Gasteiger partial charge in [-0.25, -0.2) is 9.50 Å². The molecule has 2 aromatic heterocycles. The molecule has 7 nitrogen and oxygen atoms in total. The van der Waals surface area contributed by atoms with E-state index in [1.54, 1.807) is 31.3 Å². The molecular weight excluding hydrogens is 349 g/mol. The number of rotatable bonds is 3. The Bertz CT molecular complexity index is 938. The molecule has 1 aromatic carbocycles. The van der Waals surface area contributed by atoms with Gasteiger partial charge < -0.3 is 0 Å². The fourth-order valence-electron chi connectivity index (χ4n) is 1.76. The fourth-order valence-corrected chi connectivity index (χ4v) is 3.30. The molecule has 22 heavy (non-hydrogen) atoms. The van der Waals surface area contributed by atoms with Crippen molar-refractivity contribution < 1.29 is 8.42 Å². The Kier molecular flexibility index (Phi) is 3.67. The largest absolute Gasteiger partial charge is 0.299 e. The van der Waals surface area contributed by atoms with Crippen molar-refractivity contribution in [1.82, 2.24) is 19.6 Å². The lowest BCUT2D eigenvalue weighted by molar-refractivity contribution is 0.592. The first kappa shape index (κ1) is 15.0. The van der Waals surface area contributed by atoms with Gasteiger partial charge in [0.05, 0.1) is 15.7 Å².